The molecule has 1 aromatic heterocycles. The summed E-state index contributed by atoms with van der Waals surface area (Å²) >= 11 is 0. The number of amides is 1. The van der Waals surface area contributed by atoms with Gasteiger partial charge in [0.1, 0.15) is 11.3 Å². The monoisotopic (exact) mass is 343 g/mol. The third kappa shape index (κ3) is 4.18. The van der Waals surface area contributed by atoms with Crippen molar-refractivity contribution < 1.29 is 14.1 Å². The summed E-state index contributed by atoms with van der Waals surface area (Å²) in [7, 11) is 0. The van der Waals surface area contributed by atoms with Crippen LogP contribution in [0.5, 0.6) is 5.75 Å². The number of ether oxygens (including phenoxy) is 1. The molecule has 1 fully saturated rings. The average molecular weight is 343 g/mol. The number of rotatable bonds is 6. The Balaban J connectivity index is 1.66. The third-order valence-corrected chi connectivity index (χ3v) is 4.72. The van der Waals surface area contributed by atoms with E-state index in [2.05, 4.69) is 22.4 Å². The number of aromatic nitrogens is 2. The van der Waals surface area contributed by atoms with Gasteiger partial charge in [0.05, 0.1) is 0 Å². The molecule has 6 nitrogen and oxygen atoms in total. The molecule has 3 rings (SSSR count). The molecule has 1 aromatic carbocycles. The summed E-state index contributed by atoms with van der Waals surface area (Å²) in [5, 5.41) is 7.18. The summed E-state index contributed by atoms with van der Waals surface area (Å²) in [4.78, 5) is 16.9. The molecule has 0 spiro atoms. The Kier molecular flexibility index (Phi) is 5.36. The van der Waals surface area contributed by atoms with Gasteiger partial charge in [-0.1, -0.05) is 43.5 Å². The molecule has 1 aliphatic rings. The first kappa shape index (κ1) is 17.5. The second-order valence-corrected chi connectivity index (χ2v) is 6.62. The minimum absolute atomic E-state index is 0.0221. The molecule has 1 N–H and O–H groups in total. The minimum Gasteiger partial charge on any atom is -0.484 e. The maximum absolute atomic E-state index is 12.5. The van der Waals surface area contributed by atoms with Crippen molar-refractivity contribution in [1.29, 1.82) is 0 Å². The molecule has 2 aromatic rings. The van der Waals surface area contributed by atoms with Crippen molar-refractivity contribution in [2.45, 2.75) is 57.9 Å². The first-order valence-electron chi connectivity index (χ1n) is 8.95. The topological polar surface area (TPSA) is 77.2 Å². The molecule has 0 saturated heterocycles. The van der Waals surface area contributed by atoms with Crippen molar-refractivity contribution in [2.24, 2.45) is 0 Å². The van der Waals surface area contributed by atoms with Gasteiger partial charge in [-0.25, -0.2) is 0 Å². The lowest BCUT2D eigenvalue weighted by Crippen LogP contribution is -2.49. The summed E-state index contributed by atoms with van der Waals surface area (Å²) in [6, 6.07) is 7.82. The van der Waals surface area contributed by atoms with E-state index >= 15 is 0 Å². The molecule has 0 unspecified atom stereocenters. The molecular weight excluding hydrogens is 318 g/mol. The molecule has 6 heteroatoms. The summed E-state index contributed by atoms with van der Waals surface area (Å²) in [6.45, 7) is 3.83. The molecule has 134 valence electrons. The summed E-state index contributed by atoms with van der Waals surface area (Å²) in [6.07, 6.45) is 5.81. The fraction of sp³-hybridized carbons (Fsp3) is 0.526. The van der Waals surface area contributed by atoms with Crippen molar-refractivity contribution in [2.75, 3.05) is 6.61 Å². The third-order valence-electron chi connectivity index (χ3n) is 4.72. The number of carbonyl (C=O) groups is 1. The number of hydrogen-bond donors (Lipinski definition) is 1. The summed E-state index contributed by atoms with van der Waals surface area (Å²) in [5.74, 6) is 1.64. The number of nitrogens with zero attached hydrogens (tertiary/aromatic N) is 2. The lowest BCUT2D eigenvalue weighted by molar-refractivity contribution is -0.125. The normalized spacial score (nSPS) is 16.4. The van der Waals surface area contributed by atoms with Crippen LogP contribution < -0.4 is 10.1 Å². The second kappa shape index (κ2) is 7.68. The van der Waals surface area contributed by atoms with Crippen LogP contribution in [0.25, 0.3) is 0 Å². The molecule has 1 heterocycles. The van der Waals surface area contributed by atoms with Crippen LogP contribution in [0.3, 0.4) is 0 Å². The number of nitrogens with one attached hydrogen (secondary N) is 1. The van der Waals surface area contributed by atoms with E-state index in [0.717, 1.165) is 38.5 Å². The zero-order valence-electron chi connectivity index (χ0n) is 14.9. The quantitative estimate of drug-likeness (QED) is 0.871. The van der Waals surface area contributed by atoms with E-state index in [1.807, 2.05) is 24.3 Å². The molecule has 0 aliphatic heterocycles. The molecule has 0 atom stereocenters. The first-order chi connectivity index (χ1) is 12.1. The van der Waals surface area contributed by atoms with E-state index in [4.69, 9.17) is 9.26 Å². The van der Waals surface area contributed by atoms with Gasteiger partial charge in [-0.2, -0.15) is 4.98 Å². The number of carbonyl (C=O) groups excluding carboxylic acids is 1. The molecule has 1 aliphatic carbocycles. The van der Waals surface area contributed by atoms with Crippen molar-refractivity contribution in [1.82, 2.24) is 15.5 Å². The van der Waals surface area contributed by atoms with E-state index in [1.54, 1.807) is 6.92 Å². The van der Waals surface area contributed by atoms with Crippen molar-refractivity contribution >= 4 is 5.91 Å². The van der Waals surface area contributed by atoms with Crippen LogP contribution in [0.15, 0.2) is 28.8 Å². The van der Waals surface area contributed by atoms with Crippen LogP contribution in [-0.2, 0) is 16.8 Å². The van der Waals surface area contributed by atoms with Gasteiger partial charge in [-0.15, -0.1) is 0 Å². The van der Waals surface area contributed by atoms with E-state index < -0.39 is 5.54 Å². The van der Waals surface area contributed by atoms with Gasteiger partial charge in [-0.3, -0.25) is 4.79 Å². The Morgan fingerprint density at radius 2 is 2.12 bits per heavy atom. The highest BCUT2D eigenvalue weighted by molar-refractivity contribution is 5.78. The maximum atomic E-state index is 12.5. The molecule has 0 radical (unpaired) electrons. The Morgan fingerprint density at radius 1 is 1.32 bits per heavy atom. The van der Waals surface area contributed by atoms with Crippen molar-refractivity contribution in [3.05, 3.63) is 41.5 Å². The standard InChI is InChI=1S/C19H25N3O3/c1-3-15-8-7-9-16(12-15)24-13-17(23)21-19(10-5-4-6-11-19)18-20-14(2)25-22-18/h7-9,12H,3-6,10-11,13H2,1-2H3,(H,21,23). The van der Waals surface area contributed by atoms with Gasteiger partial charge >= 0.3 is 0 Å². The summed E-state index contributed by atoms with van der Waals surface area (Å²) in [5.41, 5.74) is 0.644. The molecule has 25 heavy (non-hydrogen) atoms. The number of hydrogen-bond acceptors (Lipinski definition) is 5. The second-order valence-electron chi connectivity index (χ2n) is 6.62. The predicted octanol–water partition coefficient (Wildman–Crippen LogP) is 3.30. The Hall–Kier alpha value is -2.37. The van der Waals surface area contributed by atoms with Gasteiger partial charge in [0.25, 0.3) is 5.91 Å². The molecule has 1 saturated carbocycles. The Bertz CT molecular complexity index is 720. The highest BCUT2D eigenvalue weighted by atomic mass is 16.5. The van der Waals surface area contributed by atoms with Gasteiger partial charge < -0.3 is 14.6 Å². The average Bonchev–Trinajstić information content (AvgIpc) is 3.08. The SMILES string of the molecule is CCc1cccc(OCC(=O)NC2(c3noc(C)n3)CCCCC2)c1. The lowest BCUT2D eigenvalue weighted by Gasteiger charge is -2.35. The fourth-order valence-corrected chi connectivity index (χ4v) is 3.36. The van der Waals surface area contributed by atoms with Crippen molar-refractivity contribution in [3.63, 3.8) is 0 Å². The van der Waals surface area contributed by atoms with Gasteiger partial charge in [-0.05, 0) is 37.0 Å². The van der Waals surface area contributed by atoms with E-state index in [0.29, 0.717) is 17.5 Å². The molecule has 0 bridgehead atoms. The smallest absolute Gasteiger partial charge is 0.258 e. The van der Waals surface area contributed by atoms with Crippen LogP contribution in [0.1, 0.15) is 56.3 Å². The molecule has 1 amide bonds. The van der Waals surface area contributed by atoms with Crippen LogP contribution >= 0.6 is 0 Å². The Morgan fingerprint density at radius 3 is 2.80 bits per heavy atom. The zero-order chi connectivity index (χ0) is 17.7. The van der Waals surface area contributed by atoms with E-state index in [-0.39, 0.29) is 12.5 Å². The van der Waals surface area contributed by atoms with E-state index in [9.17, 15) is 4.79 Å². The van der Waals surface area contributed by atoms with Crippen LogP contribution in [0.2, 0.25) is 0 Å². The number of benzene rings is 1. The minimum atomic E-state index is -0.540. The first-order valence-corrected chi connectivity index (χ1v) is 8.95. The van der Waals surface area contributed by atoms with Crippen LogP contribution in [0, 0.1) is 6.92 Å². The Labute approximate surface area is 148 Å². The zero-order valence-corrected chi connectivity index (χ0v) is 14.9. The van der Waals surface area contributed by atoms with Crippen molar-refractivity contribution in [3.8, 4) is 5.75 Å². The fourth-order valence-electron chi connectivity index (χ4n) is 3.36. The van der Waals surface area contributed by atoms with Gasteiger partial charge in [0.2, 0.25) is 5.89 Å². The van der Waals surface area contributed by atoms with Crippen LogP contribution in [-0.4, -0.2) is 22.7 Å². The highest BCUT2D eigenvalue weighted by Gasteiger charge is 2.39. The van der Waals surface area contributed by atoms with E-state index in [1.165, 1.54) is 5.56 Å². The number of aryl methyl sites for hydroxylation is 2. The molecular formula is C19H25N3O3. The van der Waals surface area contributed by atoms with Gasteiger partial charge in [0.15, 0.2) is 12.4 Å². The largest absolute Gasteiger partial charge is 0.484 e. The maximum Gasteiger partial charge on any atom is 0.258 e. The van der Waals surface area contributed by atoms with Crippen LogP contribution in [0.4, 0.5) is 0 Å². The lowest BCUT2D eigenvalue weighted by atomic mass is 9.81. The highest BCUT2D eigenvalue weighted by Crippen LogP contribution is 2.35. The summed E-state index contributed by atoms with van der Waals surface area (Å²) < 4.78 is 10.8. The van der Waals surface area contributed by atoms with Gasteiger partial charge in [0, 0.05) is 6.92 Å². The predicted molar refractivity (Wildman–Crippen MR) is 93.3 cm³/mol.